The zero-order chi connectivity index (χ0) is 14.7. The zero-order valence-corrected chi connectivity index (χ0v) is 11.9. The third-order valence-electron chi connectivity index (χ3n) is 2.91. The molecule has 0 amide bonds. The summed E-state index contributed by atoms with van der Waals surface area (Å²) in [5.41, 5.74) is 2.75. The van der Waals surface area contributed by atoms with Gasteiger partial charge >= 0.3 is 5.97 Å². The van der Waals surface area contributed by atoms with Crippen LogP contribution in [0.15, 0.2) is 18.5 Å². The van der Waals surface area contributed by atoms with Crippen LogP contribution in [0.3, 0.4) is 0 Å². The van der Waals surface area contributed by atoms with Crippen LogP contribution in [0.5, 0.6) is 0 Å². The summed E-state index contributed by atoms with van der Waals surface area (Å²) < 4.78 is 1.65. The lowest BCUT2D eigenvalue weighted by atomic mass is 10.1. The molecule has 0 saturated carbocycles. The highest BCUT2D eigenvalue weighted by Gasteiger charge is 2.19. The predicted octanol–water partition coefficient (Wildman–Crippen LogP) is 1.93. The summed E-state index contributed by atoms with van der Waals surface area (Å²) in [5.74, 6) is -0.699. The number of pyridine rings is 1. The summed E-state index contributed by atoms with van der Waals surface area (Å²) >= 11 is 0. The number of carbonyl (C=O) groups is 1. The Balaban J connectivity index is 2.33. The lowest BCUT2D eigenvalue weighted by molar-refractivity contribution is 0.0689. The van der Waals surface area contributed by atoms with Crippen molar-refractivity contribution in [3.63, 3.8) is 0 Å². The molecule has 0 bridgehead atoms. The second-order valence-corrected chi connectivity index (χ2v) is 5.32. The van der Waals surface area contributed by atoms with Crippen LogP contribution in [-0.4, -0.2) is 31.1 Å². The third kappa shape index (κ3) is 3.20. The van der Waals surface area contributed by atoms with E-state index in [-0.39, 0.29) is 5.69 Å². The second-order valence-electron chi connectivity index (χ2n) is 5.32. The first-order chi connectivity index (χ1) is 9.47. The molecule has 0 aliphatic rings. The van der Waals surface area contributed by atoms with Crippen LogP contribution in [-0.2, 0) is 13.0 Å². The number of aromatic carboxylic acids is 1. The molecule has 0 spiro atoms. The van der Waals surface area contributed by atoms with Gasteiger partial charge in [0, 0.05) is 12.4 Å². The summed E-state index contributed by atoms with van der Waals surface area (Å²) in [6.07, 6.45) is 4.17. The van der Waals surface area contributed by atoms with Crippen molar-refractivity contribution in [2.24, 2.45) is 5.92 Å². The summed E-state index contributed by atoms with van der Waals surface area (Å²) in [6, 6.07) is 2.01. The Morgan fingerprint density at radius 3 is 2.75 bits per heavy atom. The molecule has 6 heteroatoms. The lowest BCUT2D eigenvalue weighted by Crippen LogP contribution is -2.12. The SMILES string of the molecule is Cc1cncc(Cn2nnc(C(=O)O)c2CC(C)C)c1. The van der Waals surface area contributed by atoms with E-state index in [1.165, 1.54) is 0 Å². The minimum absolute atomic E-state index is 0.0410. The quantitative estimate of drug-likeness (QED) is 0.901. The summed E-state index contributed by atoms with van der Waals surface area (Å²) in [6.45, 7) is 6.53. The summed E-state index contributed by atoms with van der Waals surface area (Å²) in [5, 5.41) is 16.9. The molecule has 0 radical (unpaired) electrons. The molecule has 2 rings (SSSR count). The van der Waals surface area contributed by atoms with Crippen molar-refractivity contribution in [3.8, 4) is 0 Å². The Hall–Kier alpha value is -2.24. The Bertz CT molecular complexity index is 619. The minimum atomic E-state index is -1.03. The van der Waals surface area contributed by atoms with Gasteiger partial charge in [-0.1, -0.05) is 25.1 Å². The molecule has 20 heavy (non-hydrogen) atoms. The van der Waals surface area contributed by atoms with Gasteiger partial charge in [-0.25, -0.2) is 9.48 Å². The van der Waals surface area contributed by atoms with Gasteiger partial charge in [-0.2, -0.15) is 0 Å². The third-order valence-corrected chi connectivity index (χ3v) is 2.91. The first kappa shape index (κ1) is 14.2. The maximum atomic E-state index is 11.2. The number of aromatic nitrogens is 4. The highest BCUT2D eigenvalue weighted by atomic mass is 16.4. The number of hydrogen-bond donors (Lipinski definition) is 1. The molecule has 0 aromatic carbocycles. The summed E-state index contributed by atoms with van der Waals surface area (Å²) in [7, 11) is 0. The largest absolute Gasteiger partial charge is 0.476 e. The number of carboxylic acids is 1. The van der Waals surface area contributed by atoms with Gasteiger partial charge in [0.25, 0.3) is 0 Å². The molecule has 0 aliphatic heterocycles. The van der Waals surface area contributed by atoms with Gasteiger partial charge in [0.05, 0.1) is 12.2 Å². The Kier molecular flexibility index (Phi) is 4.12. The molecule has 0 aliphatic carbocycles. The summed E-state index contributed by atoms with van der Waals surface area (Å²) in [4.78, 5) is 15.3. The number of aryl methyl sites for hydroxylation is 1. The van der Waals surface area contributed by atoms with Gasteiger partial charge in [-0.15, -0.1) is 5.10 Å². The smallest absolute Gasteiger partial charge is 0.358 e. The lowest BCUT2D eigenvalue weighted by Gasteiger charge is -2.09. The standard InChI is InChI=1S/C14H18N4O2/c1-9(2)4-12-13(14(19)20)16-17-18(12)8-11-5-10(3)6-15-7-11/h5-7,9H,4,8H2,1-3H3,(H,19,20). The molecule has 1 N–H and O–H groups in total. The predicted molar refractivity (Wildman–Crippen MR) is 73.6 cm³/mol. The highest BCUT2D eigenvalue weighted by Crippen LogP contribution is 2.14. The van der Waals surface area contributed by atoms with Crippen LogP contribution in [0.25, 0.3) is 0 Å². The fourth-order valence-electron chi connectivity index (χ4n) is 2.09. The number of hydrogen-bond acceptors (Lipinski definition) is 4. The maximum absolute atomic E-state index is 11.2. The van der Waals surface area contributed by atoms with Crippen molar-refractivity contribution in [1.29, 1.82) is 0 Å². The number of carboxylic acid groups (broad SMARTS) is 1. The first-order valence-electron chi connectivity index (χ1n) is 6.53. The molecule has 0 unspecified atom stereocenters. The van der Waals surface area contributed by atoms with E-state index in [0.717, 1.165) is 11.1 Å². The van der Waals surface area contributed by atoms with Gasteiger partial charge in [0.1, 0.15) is 0 Å². The van der Waals surface area contributed by atoms with Crippen molar-refractivity contribution in [1.82, 2.24) is 20.0 Å². The van der Waals surface area contributed by atoms with Crippen molar-refractivity contribution >= 4 is 5.97 Å². The van der Waals surface area contributed by atoms with E-state index in [0.29, 0.717) is 24.6 Å². The Morgan fingerprint density at radius 2 is 2.15 bits per heavy atom. The molecule has 2 heterocycles. The number of rotatable bonds is 5. The molecule has 106 valence electrons. The normalized spacial score (nSPS) is 11.0. The van der Waals surface area contributed by atoms with Gasteiger partial charge < -0.3 is 5.11 Å². The molecular formula is C14H18N4O2. The second kappa shape index (κ2) is 5.81. The van der Waals surface area contributed by atoms with Gasteiger partial charge in [0.2, 0.25) is 0 Å². The van der Waals surface area contributed by atoms with Crippen LogP contribution >= 0.6 is 0 Å². The van der Waals surface area contributed by atoms with E-state index in [9.17, 15) is 9.90 Å². The van der Waals surface area contributed by atoms with Crippen LogP contribution in [0.4, 0.5) is 0 Å². The fraction of sp³-hybridized carbons (Fsp3) is 0.429. The Labute approximate surface area is 117 Å². The van der Waals surface area contributed by atoms with E-state index < -0.39 is 5.97 Å². The van der Waals surface area contributed by atoms with Crippen LogP contribution in [0.2, 0.25) is 0 Å². The molecular weight excluding hydrogens is 256 g/mol. The average Bonchev–Trinajstić information content (AvgIpc) is 2.72. The van der Waals surface area contributed by atoms with Crippen LogP contribution < -0.4 is 0 Å². The van der Waals surface area contributed by atoms with Crippen LogP contribution in [0, 0.1) is 12.8 Å². The molecule has 2 aromatic heterocycles. The van der Waals surface area contributed by atoms with E-state index in [1.807, 2.05) is 26.8 Å². The minimum Gasteiger partial charge on any atom is -0.476 e. The van der Waals surface area contributed by atoms with Crippen molar-refractivity contribution in [2.75, 3.05) is 0 Å². The monoisotopic (exact) mass is 274 g/mol. The molecule has 0 fully saturated rings. The van der Waals surface area contributed by atoms with E-state index in [4.69, 9.17) is 0 Å². The zero-order valence-electron chi connectivity index (χ0n) is 11.9. The molecule has 6 nitrogen and oxygen atoms in total. The molecule has 0 saturated heterocycles. The fourth-order valence-corrected chi connectivity index (χ4v) is 2.09. The van der Waals surface area contributed by atoms with Crippen molar-refractivity contribution in [3.05, 3.63) is 41.0 Å². The van der Waals surface area contributed by atoms with Gasteiger partial charge in [-0.3, -0.25) is 4.98 Å². The van der Waals surface area contributed by atoms with E-state index in [1.54, 1.807) is 17.1 Å². The Morgan fingerprint density at radius 1 is 1.40 bits per heavy atom. The first-order valence-corrected chi connectivity index (χ1v) is 6.53. The van der Waals surface area contributed by atoms with Crippen LogP contribution in [0.1, 0.15) is 41.2 Å². The topological polar surface area (TPSA) is 80.9 Å². The number of nitrogens with zero attached hydrogens (tertiary/aromatic N) is 4. The molecule has 2 aromatic rings. The highest BCUT2D eigenvalue weighted by molar-refractivity contribution is 5.86. The maximum Gasteiger partial charge on any atom is 0.358 e. The molecule has 0 atom stereocenters. The van der Waals surface area contributed by atoms with E-state index in [2.05, 4.69) is 15.3 Å². The van der Waals surface area contributed by atoms with Crippen molar-refractivity contribution in [2.45, 2.75) is 33.7 Å². The van der Waals surface area contributed by atoms with Gasteiger partial charge in [0.15, 0.2) is 5.69 Å². The van der Waals surface area contributed by atoms with E-state index >= 15 is 0 Å². The average molecular weight is 274 g/mol. The van der Waals surface area contributed by atoms with Gasteiger partial charge in [-0.05, 0) is 30.4 Å². The van der Waals surface area contributed by atoms with Crippen molar-refractivity contribution < 1.29 is 9.90 Å².